The van der Waals surface area contributed by atoms with Crippen LogP contribution in [0.4, 0.5) is 0 Å². The Morgan fingerprint density at radius 3 is 2.43 bits per heavy atom. The van der Waals surface area contributed by atoms with Crippen molar-refractivity contribution in [2.75, 3.05) is 19.6 Å². The molecule has 1 aromatic heterocycles. The molecule has 0 radical (unpaired) electrons. The standard InChI is InChI=1S/C23H29ClN4O2/c1-27-16-18(15-26-27)21(29)25-14-17-8-12-28(13-9-17)22(30)23(10-2-3-11-23)19-4-6-20(24)7-5-19/h4-7,15-17H,2-3,8-14H2,1H3,(H,25,29). The van der Waals surface area contributed by atoms with Crippen LogP contribution in [0.15, 0.2) is 36.7 Å². The minimum Gasteiger partial charge on any atom is -0.352 e. The summed E-state index contributed by atoms with van der Waals surface area (Å²) in [4.78, 5) is 27.9. The predicted molar refractivity (Wildman–Crippen MR) is 116 cm³/mol. The summed E-state index contributed by atoms with van der Waals surface area (Å²) < 4.78 is 1.62. The van der Waals surface area contributed by atoms with Gasteiger partial charge in [-0.1, -0.05) is 36.6 Å². The minimum absolute atomic E-state index is 0.0887. The van der Waals surface area contributed by atoms with Crippen molar-refractivity contribution in [1.82, 2.24) is 20.0 Å². The molecule has 30 heavy (non-hydrogen) atoms. The number of carbonyl (C=O) groups is 2. The van der Waals surface area contributed by atoms with E-state index in [1.54, 1.807) is 24.1 Å². The Morgan fingerprint density at radius 1 is 1.17 bits per heavy atom. The third kappa shape index (κ3) is 4.24. The third-order valence-corrected chi connectivity index (χ3v) is 6.94. The highest BCUT2D eigenvalue weighted by atomic mass is 35.5. The quantitative estimate of drug-likeness (QED) is 0.791. The van der Waals surface area contributed by atoms with Gasteiger partial charge in [-0.25, -0.2) is 0 Å². The lowest BCUT2D eigenvalue weighted by Crippen LogP contribution is -2.49. The van der Waals surface area contributed by atoms with E-state index >= 15 is 0 Å². The van der Waals surface area contributed by atoms with E-state index in [2.05, 4.69) is 10.4 Å². The van der Waals surface area contributed by atoms with Crippen molar-refractivity contribution in [3.05, 3.63) is 52.8 Å². The lowest BCUT2D eigenvalue weighted by molar-refractivity contribution is -0.138. The number of nitrogens with zero attached hydrogens (tertiary/aromatic N) is 3. The maximum Gasteiger partial charge on any atom is 0.254 e. The summed E-state index contributed by atoms with van der Waals surface area (Å²) in [5, 5.41) is 7.75. The van der Waals surface area contributed by atoms with Crippen molar-refractivity contribution < 1.29 is 9.59 Å². The van der Waals surface area contributed by atoms with Crippen LogP contribution < -0.4 is 5.32 Å². The van der Waals surface area contributed by atoms with Crippen molar-refractivity contribution in [3.8, 4) is 0 Å². The number of hydrogen-bond acceptors (Lipinski definition) is 3. The van der Waals surface area contributed by atoms with E-state index in [0.29, 0.717) is 23.0 Å². The monoisotopic (exact) mass is 428 g/mol. The topological polar surface area (TPSA) is 67.2 Å². The molecule has 6 nitrogen and oxygen atoms in total. The van der Waals surface area contributed by atoms with Crippen LogP contribution in [0.5, 0.6) is 0 Å². The van der Waals surface area contributed by atoms with Crippen molar-refractivity contribution in [1.29, 1.82) is 0 Å². The van der Waals surface area contributed by atoms with E-state index in [-0.39, 0.29) is 11.8 Å². The van der Waals surface area contributed by atoms with Crippen LogP contribution in [0, 0.1) is 5.92 Å². The molecule has 1 aromatic carbocycles. The predicted octanol–water partition coefficient (Wildman–Crippen LogP) is 3.55. The first kappa shape index (κ1) is 20.9. The van der Waals surface area contributed by atoms with Gasteiger partial charge in [-0.05, 0) is 49.3 Å². The second kappa shape index (κ2) is 8.80. The van der Waals surface area contributed by atoms with Gasteiger partial charge in [0.2, 0.25) is 5.91 Å². The number of benzene rings is 1. The third-order valence-electron chi connectivity index (χ3n) is 6.68. The summed E-state index contributed by atoms with van der Waals surface area (Å²) in [6, 6.07) is 7.82. The smallest absolute Gasteiger partial charge is 0.254 e. The van der Waals surface area contributed by atoms with Gasteiger partial charge in [-0.3, -0.25) is 14.3 Å². The molecule has 0 spiro atoms. The summed E-state index contributed by atoms with van der Waals surface area (Å²) in [5.41, 5.74) is 1.28. The van der Waals surface area contributed by atoms with E-state index in [1.807, 2.05) is 29.2 Å². The van der Waals surface area contributed by atoms with Gasteiger partial charge in [0.15, 0.2) is 0 Å². The molecule has 2 aliphatic rings. The van der Waals surface area contributed by atoms with Gasteiger partial charge in [-0.15, -0.1) is 0 Å². The van der Waals surface area contributed by atoms with E-state index in [4.69, 9.17) is 11.6 Å². The van der Waals surface area contributed by atoms with Gasteiger partial charge < -0.3 is 10.2 Å². The maximum atomic E-state index is 13.6. The normalized spacial score (nSPS) is 19.1. The molecule has 160 valence electrons. The zero-order chi connectivity index (χ0) is 21.1. The molecule has 1 N–H and O–H groups in total. The summed E-state index contributed by atoms with van der Waals surface area (Å²) in [7, 11) is 1.80. The molecule has 0 bridgehead atoms. The molecule has 1 aliphatic carbocycles. The number of hydrogen-bond donors (Lipinski definition) is 1. The van der Waals surface area contributed by atoms with E-state index in [0.717, 1.165) is 57.2 Å². The number of carbonyl (C=O) groups excluding carboxylic acids is 2. The van der Waals surface area contributed by atoms with Crippen molar-refractivity contribution in [2.24, 2.45) is 13.0 Å². The lowest BCUT2D eigenvalue weighted by atomic mass is 9.77. The SMILES string of the molecule is Cn1cc(C(=O)NCC2CCN(C(=O)C3(c4ccc(Cl)cc4)CCCC3)CC2)cn1. The number of nitrogens with one attached hydrogen (secondary N) is 1. The molecule has 1 saturated carbocycles. The molecule has 2 heterocycles. The zero-order valence-electron chi connectivity index (χ0n) is 17.4. The number of aromatic nitrogens is 2. The molecule has 2 fully saturated rings. The van der Waals surface area contributed by atoms with Gasteiger partial charge in [0.05, 0.1) is 17.2 Å². The summed E-state index contributed by atoms with van der Waals surface area (Å²) in [6.45, 7) is 2.14. The van der Waals surface area contributed by atoms with Crippen molar-refractivity contribution >= 4 is 23.4 Å². The largest absolute Gasteiger partial charge is 0.352 e. The second-order valence-corrected chi connectivity index (χ2v) is 9.08. The number of amides is 2. The Bertz CT molecular complexity index is 894. The first-order valence-corrected chi connectivity index (χ1v) is 11.2. The van der Waals surface area contributed by atoms with Gasteiger partial charge in [0, 0.05) is 37.9 Å². The highest BCUT2D eigenvalue weighted by molar-refractivity contribution is 6.30. The second-order valence-electron chi connectivity index (χ2n) is 8.64. The average Bonchev–Trinajstić information content (AvgIpc) is 3.42. The van der Waals surface area contributed by atoms with Crippen LogP contribution in [0.1, 0.15) is 54.4 Å². The number of aryl methyl sites for hydroxylation is 1. The molecule has 1 aliphatic heterocycles. The minimum atomic E-state index is -0.397. The van der Waals surface area contributed by atoms with E-state index in [1.165, 1.54) is 0 Å². The zero-order valence-corrected chi connectivity index (χ0v) is 18.2. The molecule has 4 rings (SSSR count). The number of piperidine rings is 1. The van der Waals surface area contributed by atoms with Crippen LogP contribution in [0.2, 0.25) is 5.02 Å². The molecule has 7 heteroatoms. The fourth-order valence-electron chi connectivity index (χ4n) is 4.89. The lowest BCUT2D eigenvalue weighted by Gasteiger charge is -2.39. The van der Waals surface area contributed by atoms with Crippen molar-refractivity contribution in [3.63, 3.8) is 0 Å². The van der Waals surface area contributed by atoms with Crippen LogP contribution in [0.25, 0.3) is 0 Å². The Balaban J connectivity index is 1.34. The Labute approximate surface area is 182 Å². The fraction of sp³-hybridized carbons (Fsp3) is 0.522. The molecular formula is C23H29ClN4O2. The van der Waals surface area contributed by atoms with E-state index < -0.39 is 5.41 Å². The average molecular weight is 429 g/mol. The Kier molecular flexibility index (Phi) is 6.14. The summed E-state index contributed by atoms with van der Waals surface area (Å²) in [5.74, 6) is 0.569. The summed E-state index contributed by atoms with van der Waals surface area (Å²) >= 11 is 6.07. The fourth-order valence-corrected chi connectivity index (χ4v) is 5.02. The first-order chi connectivity index (χ1) is 14.5. The van der Waals surface area contributed by atoms with Crippen LogP contribution in [-0.2, 0) is 17.3 Å². The van der Waals surface area contributed by atoms with Crippen LogP contribution in [-0.4, -0.2) is 46.1 Å². The molecular weight excluding hydrogens is 400 g/mol. The summed E-state index contributed by atoms with van der Waals surface area (Å²) in [6.07, 6.45) is 9.12. The van der Waals surface area contributed by atoms with Gasteiger partial charge in [0.1, 0.15) is 0 Å². The number of likely N-dealkylation sites (tertiary alicyclic amines) is 1. The van der Waals surface area contributed by atoms with Gasteiger partial charge >= 0.3 is 0 Å². The molecule has 1 saturated heterocycles. The molecule has 2 aromatic rings. The van der Waals surface area contributed by atoms with Gasteiger partial charge in [-0.2, -0.15) is 5.10 Å². The Hall–Kier alpha value is -2.34. The van der Waals surface area contributed by atoms with Crippen molar-refractivity contribution in [2.45, 2.75) is 43.9 Å². The highest BCUT2D eigenvalue weighted by Gasteiger charge is 2.45. The Morgan fingerprint density at radius 2 is 1.83 bits per heavy atom. The van der Waals surface area contributed by atoms with Gasteiger partial charge in [0.25, 0.3) is 5.91 Å². The first-order valence-electron chi connectivity index (χ1n) is 10.8. The molecule has 0 unspecified atom stereocenters. The maximum absolute atomic E-state index is 13.6. The van der Waals surface area contributed by atoms with E-state index in [9.17, 15) is 9.59 Å². The molecule has 2 amide bonds. The van der Waals surface area contributed by atoms with Crippen LogP contribution >= 0.6 is 11.6 Å². The van der Waals surface area contributed by atoms with Crippen LogP contribution in [0.3, 0.4) is 0 Å². The number of halogens is 1. The highest BCUT2D eigenvalue weighted by Crippen LogP contribution is 2.43. The number of rotatable bonds is 5. The molecule has 0 atom stereocenters.